The largest absolute Gasteiger partial charge is 0.429 e. The number of amides is 1. The second-order valence-electron chi connectivity index (χ2n) is 5.30. The summed E-state index contributed by atoms with van der Waals surface area (Å²) in [6.07, 6.45) is 4.60. The molecule has 4 aromatic heterocycles. The van der Waals surface area contributed by atoms with Crippen LogP contribution in [0.15, 0.2) is 52.7 Å². The number of carbonyl (C=O) groups is 1. The van der Waals surface area contributed by atoms with Gasteiger partial charge in [-0.3, -0.25) is 15.1 Å². The van der Waals surface area contributed by atoms with E-state index < -0.39 is 5.91 Å². The lowest BCUT2D eigenvalue weighted by atomic mass is 10.2. The van der Waals surface area contributed by atoms with Gasteiger partial charge in [-0.05, 0) is 30.7 Å². The van der Waals surface area contributed by atoms with Crippen LogP contribution >= 0.6 is 11.3 Å². The molecule has 0 aromatic carbocycles. The van der Waals surface area contributed by atoms with E-state index in [0.717, 1.165) is 11.3 Å². The number of hydrogen-bond donors (Lipinski definition) is 1. The van der Waals surface area contributed by atoms with Gasteiger partial charge in [-0.15, -0.1) is 16.4 Å². The summed E-state index contributed by atoms with van der Waals surface area (Å²) >= 11 is 1.31. The second-order valence-corrected chi connectivity index (χ2v) is 6.16. The monoisotopic (exact) mass is 364 g/mol. The first kappa shape index (κ1) is 16.0. The van der Waals surface area contributed by atoms with Crippen LogP contribution < -0.4 is 5.32 Å². The average Bonchev–Trinajstić information content (AvgIpc) is 3.33. The van der Waals surface area contributed by atoms with E-state index in [-0.39, 0.29) is 11.7 Å². The molecule has 0 bridgehead atoms. The van der Waals surface area contributed by atoms with E-state index in [4.69, 9.17) is 4.42 Å². The third-order valence-corrected chi connectivity index (χ3v) is 4.26. The summed E-state index contributed by atoms with van der Waals surface area (Å²) in [6.45, 7) is 1.96. The number of pyridine rings is 1. The Labute approximate surface area is 152 Å². The highest BCUT2D eigenvalue weighted by Crippen LogP contribution is 2.26. The van der Waals surface area contributed by atoms with Gasteiger partial charge in [0, 0.05) is 17.8 Å². The molecule has 0 radical (unpaired) electrons. The van der Waals surface area contributed by atoms with Crippen LogP contribution in [0.25, 0.3) is 23.0 Å². The topological polar surface area (TPSA) is 107 Å². The molecule has 0 atom stereocenters. The smallest absolute Gasteiger partial charge is 0.294 e. The van der Waals surface area contributed by atoms with Gasteiger partial charge in [-0.2, -0.15) is 5.10 Å². The molecule has 4 heterocycles. The lowest BCUT2D eigenvalue weighted by Crippen LogP contribution is -2.10. The van der Waals surface area contributed by atoms with Gasteiger partial charge in [0.2, 0.25) is 11.7 Å². The highest BCUT2D eigenvalue weighted by atomic mass is 32.1. The zero-order chi connectivity index (χ0) is 17.9. The summed E-state index contributed by atoms with van der Waals surface area (Å²) in [5, 5.41) is 12.7. The Bertz CT molecular complexity index is 1060. The predicted octanol–water partition coefficient (Wildman–Crippen LogP) is 3.21. The van der Waals surface area contributed by atoms with E-state index in [1.54, 1.807) is 24.5 Å². The van der Waals surface area contributed by atoms with Crippen molar-refractivity contribution in [3.8, 4) is 23.0 Å². The highest BCUT2D eigenvalue weighted by molar-refractivity contribution is 7.14. The van der Waals surface area contributed by atoms with Crippen LogP contribution in [0.5, 0.6) is 0 Å². The molecule has 8 nitrogen and oxygen atoms in total. The van der Waals surface area contributed by atoms with Gasteiger partial charge in [0.1, 0.15) is 11.4 Å². The van der Waals surface area contributed by atoms with Crippen molar-refractivity contribution < 1.29 is 9.21 Å². The summed E-state index contributed by atoms with van der Waals surface area (Å²) in [7, 11) is 0. The number of aromatic nitrogens is 5. The number of carbonyl (C=O) groups excluding carboxylic acids is 1. The molecule has 1 N–H and O–H groups in total. The van der Waals surface area contributed by atoms with Crippen molar-refractivity contribution in [3.05, 3.63) is 59.6 Å². The normalized spacial score (nSPS) is 10.7. The first-order valence-corrected chi connectivity index (χ1v) is 8.51. The molecule has 4 aromatic rings. The molecule has 1 amide bonds. The van der Waals surface area contributed by atoms with Gasteiger partial charge in [0.05, 0.1) is 11.9 Å². The van der Waals surface area contributed by atoms with E-state index in [1.165, 1.54) is 17.5 Å². The molecule has 128 valence electrons. The molecule has 0 spiro atoms. The summed E-state index contributed by atoms with van der Waals surface area (Å²) in [4.78, 5) is 25.1. The molecule has 0 saturated heterocycles. The SMILES string of the molecule is Cc1cccnc1-c1csc(NC(=O)c2cnc(-c3cccnn3)o2)n1. The van der Waals surface area contributed by atoms with Crippen LogP contribution in [0.3, 0.4) is 0 Å². The highest BCUT2D eigenvalue weighted by Gasteiger charge is 2.17. The van der Waals surface area contributed by atoms with Crippen LogP contribution in [0.4, 0.5) is 5.13 Å². The van der Waals surface area contributed by atoms with Crippen molar-refractivity contribution in [1.82, 2.24) is 25.1 Å². The van der Waals surface area contributed by atoms with Gasteiger partial charge in [-0.25, -0.2) is 9.97 Å². The van der Waals surface area contributed by atoms with E-state index in [9.17, 15) is 4.79 Å². The Balaban J connectivity index is 1.51. The number of anilines is 1. The number of aryl methyl sites for hydroxylation is 1. The maximum atomic E-state index is 12.3. The van der Waals surface area contributed by atoms with Crippen LogP contribution in [0.2, 0.25) is 0 Å². The van der Waals surface area contributed by atoms with E-state index in [2.05, 4.69) is 30.5 Å². The number of oxazole rings is 1. The fourth-order valence-electron chi connectivity index (χ4n) is 2.27. The maximum absolute atomic E-state index is 12.3. The Kier molecular flexibility index (Phi) is 4.20. The van der Waals surface area contributed by atoms with Crippen LogP contribution in [-0.2, 0) is 0 Å². The lowest BCUT2D eigenvalue weighted by Gasteiger charge is -2.00. The van der Waals surface area contributed by atoms with Gasteiger partial charge in [-0.1, -0.05) is 6.07 Å². The first-order chi connectivity index (χ1) is 12.7. The van der Waals surface area contributed by atoms with Crippen molar-refractivity contribution in [2.45, 2.75) is 6.92 Å². The molecule has 0 fully saturated rings. The second kappa shape index (κ2) is 6.81. The molecule has 4 rings (SSSR count). The fraction of sp³-hybridized carbons (Fsp3) is 0.0588. The minimum Gasteiger partial charge on any atom is -0.429 e. The van der Waals surface area contributed by atoms with E-state index >= 15 is 0 Å². The molecule has 0 aliphatic heterocycles. The third-order valence-electron chi connectivity index (χ3n) is 3.50. The molecule has 0 aliphatic carbocycles. The standard InChI is InChI=1S/C17H12N6O2S/c1-10-4-2-6-18-14(10)12-9-26-17(21-12)22-15(24)13-8-19-16(25-13)11-5-3-7-20-23-11/h2-9H,1H3,(H,21,22,24). The molecule has 9 heteroatoms. The maximum Gasteiger partial charge on any atom is 0.294 e. The number of hydrogen-bond acceptors (Lipinski definition) is 8. The van der Waals surface area contributed by atoms with E-state index in [0.29, 0.717) is 16.5 Å². The number of thiazole rings is 1. The average molecular weight is 364 g/mol. The van der Waals surface area contributed by atoms with Gasteiger partial charge < -0.3 is 4.42 Å². The summed E-state index contributed by atoms with van der Waals surface area (Å²) in [5.41, 5.74) is 2.96. The van der Waals surface area contributed by atoms with Crippen molar-refractivity contribution in [1.29, 1.82) is 0 Å². The summed E-state index contributed by atoms with van der Waals surface area (Å²) in [5.74, 6) is -0.144. The zero-order valence-electron chi connectivity index (χ0n) is 13.6. The number of nitrogens with zero attached hydrogens (tertiary/aromatic N) is 5. The summed E-state index contributed by atoms with van der Waals surface area (Å²) in [6, 6.07) is 7.24. The minimum absolute atomic E-state index is 0.0661. The first-order valence-electron chi connectivity index (χ1n) is 7.63. The Morgan fingerprint density at radius 1 is 1.15 bits per heavy atom. The van der Waals surface area contributed by atoms with Gasteiger partial charge >= 0.3 is 0 Å². The predicted molar refractivity (Wildman–Crippen MR) is 95.6 cm³/mol. The van der Waals surface area contributed by atoms with Crippen LogP contribution in [0, 0.1) is 6.92 Å². The zero-order valence-corrected chi connectivity index (χ0v) is 14.4. The van der Waals surface area contributed by atoms with Crippen molar-refractivity contribution in [3.63, 3.8) is 0 Å². The van der Waals surface area contributed by atoms with Crippen molar-refractivity contribution in [2.75, 3.05) is 5.32 Å². The molecule has 0 unspecified atom stereocenters. The Morgan fingerprint density at radius 2 is 2.04 bits per heavy atom. The van der Waals surface area contributed by atoms with Crippen LogP contribution in [-0.4, -0.2) is 31.1 Å². The minimum atomic E-state index is -0.439. The Hall–Kier alpha value is -3.46. The summed E-state index contributed by atoms with van der Waals surface area (Å²) < 4.78 is 5.45. The lowest BCUT2D eigenvalue weighted by molar-refractivity contribution is 0.0997. The van der Waals surface area contributed by atoms with E-state index in [1.807, 2.05) is 24.4 Å². The molecular formula is C17H12N6O2S. The number of rotatable bonds is 4. The molecule has 26 heavy (non-hydrogen) atoms. The Morgan fingerprint density at radius 3 is 2.85 bits per heavy atom. The molecule has 0 saturated carbocycles. The van der Waals surface area contributed by atoms with Gasteiger partial charge in [0.15, 0.2) is 5.13 Å². The van der Waals surface area contributed by atoms with Crippen LogP contribution in [0.1, 0.15) is 16.1 Å². The van der Waals surface area contributed by atoms with Gasteiger partial charge in [0.25, 0.3) is 5.91 Å². The molecular weight excluding hydrogens is 352 g/mol. The molecule has 0 aliphatic rings. The fourth-order valence-corrected chi connectivity index (χ4v) is 2.96. The third kappa shape index (κ3) is 3.20. The van der Waals surface area contributed by atoms with Crippen molar-refractivity contribution in [2.24, 2.45) is 0 Å². The van der Waals surface area contributed by atoms with Crippen molar-refractivity contribution >= 4 is 22.4 Å². The quantitative estimate of drug-likeness (QED) is 0.592. The number of nitrogens with one attached hydrogen (secondary N) is 1.